The van der Waals surface area contributed by atoms with Crippen LogP contribution in [-0.2, 0) is 9.53 Å². The maximum Gasteiger partial charge on any atom is 0.234 e. The number of amides is 1. The molecule has 0 saturated carbocycles. The number of rotatable bonds is 8. The van der Waals surface area contributed by atoms with Gasteiger partial charge in [-0.1, -0.05) is 13.8 Å². The molecular weight excluding hydrogens is 286 g/mol. The van der Waals surface area contributed by atoms with Crippen LogP contribution < -0.4 is 5.32 Å². The Kier molecular flexibility index (Phi) is 8.63. The Morgan fingerprint density at radius 1 is 1.48 bits per heavy atom. The van der Waals surface area contributed by atoms with E-state index in [-0.39, 0.29) is 17.3 Å². The third-order valence-electron chi connectivity index (χ3n) is 3.59. The molecule has 0 aliphatic carbocycles. The van der Waals surface area contributed by atoms with Gasteiger partial charge >= 0.3 is 0 Å². The molecule has 2 atom stereocenters. The molecule has 0 aromatic rings. The van der Waals surface area contributed by atoms with E-state index in [9.17, 15) is 4.79 Å². The molecule has 1 fully saturated rings. The van der Waals surface area contributed by atoms with Crippen LogP contribution in [0.4, 0.5) is 0 Å². The van der Waals surface area contributed by atoms with Crippen LogP contribution in [0.3, 0.4) is 0 Å². The highest BCUT2D eigenvalue weighted by Crippen LogP contribution is 2.08. The summed E-state index contributed by atoms with van der Waals surface area (Å²) in [7, 11) is 1.82. The van der Waals surface area contributed by atoms with E-state index in [1.165, 1.54) is 0 Å². The first-order chi connectivity index (χ1) is 9.90. The summed E-state index contributed by atoms with van der Waals surface area (Å²) in [4.78, 5) is 16.0. The van der Waals surface area contributed by atoms with Crippen molar-refractivity contribution in [2.24, 2.45) is 5.92 Å². The molecule has 124 valence electrons. The van der Waals surface area contributed by atoms with Crippen molar-refractivity contribution in [1.29, 1.82) is 0 Å². The molecule has 6 heteroatoms. The minimum absolute atomic E-state index is 0.0534. The van der Waals surface area contributed by atoms with Crippen LogP contribution in [0.15, 0.2) is 0 Å². The summed E-state index contributed by atoms with van der Waals surface area (Å²) in [5.41, 5.74) is 0. The van der Waals surface area contributed by atoms with Crippen LogP contribution in [0.5, 0.6) is 0 Å². The molecule has 0 radical (unpaired) electrons. The van der Waals surface area contributed by atoms with Crippen molar-refractivity contribution < 1.29 is 9.53 Å². The Hall–Kier alpha value is -0.300. The zero-order chi connectivity index (χ0) is 15.8. The molecule has 0 aromatic carbocycles. The second kappa shape index (κ2) is 9.66. The topological polar surface area (TPSA) is 44.8 Å². The number of nitrogens with zero attached hydrogens (tertiary/aromatic N) is 2. The number of nitrogens with one attached hydrogen (secondary N) is 1. The van der Waals surface area contributed by atoms with E-state index in [1.54, 1.807) is 11.8 Å². The molecule has 0 aromatic heterocycles. The molecule has 21 heavy (non-hydrogen) atoms. The molecule has 1 aliphatic heterocycles. The lowest BCUT2D eigenvalue weighted by Gasteiger charge is -2.35. The van der Waals surface area contributed by atoms with Gasteiger partial charge in [-0.05, 0) is 19.4 Å². The number of carbonyl (C=O) groups is 1. The van der Waals surface area contributed by atoms with Gasteiger partial charge in [0.1, 0.15) is 0 Å². The number of morpholine rings is 1. The van der Waals surface area contributed by atoms with Crippen LogP contribution in [0.2, 0.25) is 0 Å². The first kappa shape index (κ1) is 18.7. The minimum Gasteiger partial charge on any atom is -0.374 e. The lowest BCUT2D eigenvalue weighted by Crippen LogP contribution is -2.50. The Morgan fingerprint density at radius 3 is 2.81 bits per heavy atom. The SMILES string of the molecule is CC(C)CNCCN1CCO[C@@H](CN(C)C(=O)C(C)S)C1. The average Bonchev–Trinajstić information content (AvgIpc) is 2.42. The Bertz CT molecular complexity index is 313. The molecule has 0 spiro atoms. The fourth-order valence-corrected chi connectivity index (χ4v) is 2.63. The monoisotopic (exact) mass is 317 g/mol. The van der Waals surface area contributed by atoms with Crippen LogP contribution >= 0.6 is 12.6 Å². The molecule has 1 unspecified atom stereocenters. The maximum atomic E-state index is 11.8. The van der Waals surface area contributed by atoms with Gasteiger partial charge in [0, 0.05) is 39.8 Å². The standard InChI is InChI=1S/C15H31N3O2S/c1-12(2)9-16-5-6-18-7-8-20-14(11-18)10-17(4)15(19)13(3)21/h12-14,16,21H,5-11H2,1-4H3/t13?,14-/m0/s1. The summed E-state index contributed by atoms with van der Waals surface area (Å²) in [6.45, 7) is 12.6. The number of hydrogen-bond acceptors (Lipinski definition) is 5. The van der Waals surface area contributed by atoms with Gasteiger partial charge in [-0.2, -0.15) is 12.6 Å². The maximum absolute atomic E-state index is 11.8. The Balaban J connectivity index is 2.27. The van der Waals surface area contributed by atoms with Crippen LogP contribution in [-0.4, -0.2) is 80.0 Å². The third-order valence-corrected chi connectivity index (χ3v) is 3.81. The number of carbonyl (C=O) groups excluding carboxylic acids is 1. The fraction of sp³-hybridized carbons (Fsp3) is 0.933. The van der Waals surface area contributed by atoms with Gasteiger partial charge in [-0.3, -0.25) is 9.69 Å². The van der Waals surface area contributed by atoms with Crippen molar-refractivity contribution in [3.8, 4) is 0 Å². The van der Waals surface area contributed by atoms with E-state index < -0.39 is 0 Å². The van der Waals surface area contributed by atoms with Crippen molar-refractivity contribution in [3.63, 3.8) is 0 Å². The third kappa shape index (κ3) is 7.49. The molecule has 1 saturated heterocycles. The smallest absolute Gasteiger partial charge is 0.234 e. The van der Waals surface area contributed by atoms with Crippen molar-refractivity contribution in [2.45, 2.75) is 32.1 Å². The van der Waals surface area contributed by atoms with E-state index in [2.05, 4.69) is 36.7 Å². The van der Waals surface area contributed by atoms with E-state index >= 15 is 0 Å². The Morgan fingerprint density at radius 2 is 2.19 bits per heavy atom. The molecule has 1 amide bonds. The van der Waals surface area contributed by atoms with Gasteiger partial charge in [0.05, 0.1) is 18.0 Å². The van der Waals surface area contributed by atoms with E-state index in [0.717, 1.165) is 39.3 Å². The lowest BCUT2D eigenvalue weighted by atomic mass is 10.2. The average molecular weight is 317 g/mol. The lowest BCUT2D eigenvalue weighted by molar-refractivity contribution is -0.132. The van der Waals surface area contributed by atoms with Crippen molar-refractivity contribution in [2.75, 3.05) is 52.9 Å². The fourth-order valence-electron chi connectivity index (χ4n) is 2.44. The molecule has 1 rings (SSSR count). The molecular formula is C15H31N3O2S. The van der Waals surface area contributed by atoms with Crippen LogP contribution in [0.1, 0.15) is 20.8 Å². The van der Waals surface area contributed by atoms with Crippen molar-refractivity contribution >= 4 is 18.5 Å². The first-order valence-electron chi connectivity index (χ1n) is 7.88. The molecule has 1 N–H and O–H groups in total. The Labute approximate surface area is 134 Å². The number of ether oxygens (including phenoxy) is 1. The van der Waals surface area contributed by atoms with E-state index in [0.29, 0.717) is 12.5 Å². The summed E-state index contributed by atoms with van der Waals surface area (Å²) in [5.74, 6) is 0.739. The predicted octanol–water partition coefficient (Wildman–Crippen LogP) is 0.710. The second-order valence-corrected chi connectivity index (χ2v) is 7.06. The quantitative estimate of drug-likeness (QED) is 0.511. The number of hydrogen-bond donors (Lipinski definition) is 2. The highest BCUT2D eigenvalue weighted by Gasteiger charge is 2.24. The van der Waals surface area contributed by atoms with Crippen molar-refractivity contribution in [1.82, 2.24) is 15.1 Å². The van der Waals surface area contributed by atoms with E-state index in [1.807, 2.05) is 7.05 Å². The predicted molar refractivity (Wildman–Crippen MR) is 90.0 cm³/mol. The minimum atomic E-state index is -0.255. The molecule has 1 aliphatic rings. The van der Waals surface area contributed by atoms with Gasteiger partial charge in [0.25, 0.3) is 0 Å². The molecule has 0 bridgehead atoms. The molecule has 5 nitrogen and oxygen atoms in total. The molecule has 1 heterocycles. The zero-order valence-corrected chi connectivity index (χ0v) is 14.7. The summed E-state index contributed by atoms with van der Waals surface area (Å²) in [6, 6.07) is 0. The summed E-state index contributed by atoms with van der Waals surface area (Å²) < 4.78 is 5.77. The highest BCUT2D eigenvalue weighted by molar-refractivity contribution is 7.81. The normalized spacial score (nSPS) is 21.5. The zero-order valence-electron chi connectivity index (χ0n) is 13.8. The largest absolute Gasteiger partial charge is 0.374 e. The number of likely N-dealkylation sites (N-methyl/N-ethyl adjacent to an activating group) is 1. The summed E-state index contributed by atoms with van der Waals surface area (Å²) >= 11 is 4.19. The second-order valence-electron chi connectivity index (χ2n) is 6.29. The van der Waals surface area contributed by atoms with Gasteiger partial charge in [-0.25, -0.2) is 0 Å². The van der Waals surface area contributed by atoms with Crippen molar-refractivity contribution in [3.05, 3.63) is 0 Å². The highest BCUT2D eigenvalue weighted by atomic mass is 32.1. The van der Waals surface area contributed by atoms with Gasteiger partial charge in [-0.15, -0.1) is 0 Å². The first-order valence-corrected chi connectivity index (χ1v) is 8.39. The summed E-state index contributed by atoms with van der Waals surface area (Å²) in [6.07, 6.45) is 0.102. The van der Waals surface area contributed by atoms with Gasteiger partial charge in [0.15, 0.2) is 0 Å². The van der Waals surface area contributed by atoms with Gasteiger partial charge in [0.2, 0.25) is 5.91 Å². The number of thiol groups is 1. The summed E-state index contributed by atoms with van der Waals surface area (Å²) in [5, 5.41) is 3.21. The van der Waals surface area contributed by atoms with Gasteiger partial charge < -0.3 is 15.0 Å². The van der Waals surface area contributed by atoms with Crippen LogP contribution in [0.25, 0.3) is 0 Å². The van der Waals surface area contributed by atoms with E-state index in [4.69, 9.17) is 4.74 Å². The van der Waals surface area contributed by atoms with Crippen LogP contribution in [0, 0.1) is 5.92 Å².